The monoisotopic (exact) mass is 275 g/mol. The molecule has 1 fully saturated rings. The Morgan fingerprint density at radius 3 is 2.60 bits per heavy atom. The lowest BCUT2D eigenvalue weighted by Gasteiger charge is -2.14. The number of amides is 3. The highest BCUT2D eigenvalue weighted by Crippen LogP contribution is 2.17. The number of nitrogens with zero attached hydrogens (tertiary/aromatic N) is 1. The molecule has 0 atom stereocenters. The van der Waals surface area contributed by atoms with Gasteiger partial charge in [-0.05, 0) is 36.6 Å². The van der Waals surface area contributed by atoms with Gasteiger partial charge in [0.2, 0.25) is 0 Å². The molecular formula is C15H21N3O2. The summed E-state index contributed by atoms with van der Waals surface area (Å²) in [4.78, 5) is 25.1. The third-order valence-electron chi connectivity index (χ3n) is 3.31. The average Bonchev–Trinajstić information content (AvgIpc) is 2.84. The number of hydrogen-bond acceptors (Lipinski definition) is 2. The van der Waals surface area contributed by atoms with E-state index in [0.29, 0.717) is 31.1 Å². The smallest absolute Gasteiger partial charge is 0.321 e. The SMILES string of the molecule is CC(C)CCNC(=O)c1ccc(N2CCNC2=O)cc1. The van der Waals surface area contributed by atoms with Crippen LogP contribution in [0.4, 0.5) is 10.5 Å². The van der Waals surface area contributed by atoms with Gasteiger partial charge in [0.25, 0.3) is 5.91 Å². The Bertz CT molecular complexity index is 482. The zero-order valence-corrected chi connectivity index (χ0v) is 12.0. The van der Waals surface area contributed by atoms with Gasteiger partial charge in [-0.1, -0.05) is 13.8 Å². The van der Waals surface area contributed by atoms with Gasteiger partial charge in [0.05, 0.1) is 0 Å². The summed E-state index contributed by atoms with van der Waals surface area (Å²) in [6.07, 6.45) is 0.970. The number of hydrogen-bond donors (Lipinski definition) is 2. The van der Waals surface area contributed by atoms with E-state index in [4.69, 9.17) is 0 Å². The molecule has 0 unspecified atom stereocenters. The van der Waals surface area contributed by atoms with Crippen molar-refractivity contribution in [2.24, 2.45) is 5.92 Å². The molecule has 0 saturated carbocycles. The first-order valence-electron chi connectivity index (χ1n) is 7.01. The molecule has 20 heavy (non-hydrogen) atoms. The van der Waals surface area contributed by atoms with Gasteiger partial charge < -0.3 is 10.6 Å². The molecule has 1 aliphatic heterocycles. The van der Waals surface area contributed by atoms with Gasteiger partial charge in [-0.15, -0.1) is 0 Å². The Balaban J connectivity index is 1.94. The minimum absolute atomic E-state index is 0.0666. The number of anilines is 1. The molecule has 1 aliphatic rings. The van der Waals surface area contributed by atoms with E-state index in [-0.39, 0.29) is 11.9 Å². The first-order chi connectivity index (χ1) is 9.58. The van der Waals surface area contributed by atoms with Gasteiger partial charge in [-0.25, -0.2) is 4.79 Å². The molecule has 1 aromatic carbocycles. The van der Waals surface area contributed by atoms with E-state index in [1.807, 2.05) is 12.1 Å². The van der Waals surface area contributed by atoms with Crippen LogP contribution in [-0.2, 0) is 0 Å². The Morgan fingerprint density at radius 1 is 1.35 bits per heavy atom. The minimum Gasteiger partial charge on any atom is -0.352 e. The van der Waals surface area contributed by atoms with E-state index < -0.39 is 0 Å². The molecule has 5 nitrogen and oxygen atoms in total. The maximum atomic E-state index is 11.9. The summed E-state index contributed by atoms with van der Waals surface area (Å²) in [5.41, 5.74) is 1.44. The maximum Gasteiger partial charge on any atom is 0.321 e. The predicted molar refractivity (Wildman–Crippen MR) is 79.0 cm³/mol. The fourth-order valence-electron chi connectivity index (χ4n) is 2.09. The molecule has 1 heterocycles. The summed E-state index contributed by atoms with van der Waals surface area (Å²) < 4.78 is 0. The van der Waals surface area contributed by atoms with Crippen LogP contribution in [0.3, 0.4) is 0 Å². The van der Waals surface area contributed by atoms with Crippen molar-refractivity contribution in [3.63, 3.8) is 0 Å². The molecule has 2 N–H and O–H groups in total. The van der Waals surface area contributed by atoms with Crippen molar-refractivity contribution >= 4 is 17.6 Å². The van der Waals surface area contributed by atoms with Crippen LogP contribution < -0.4 is 15.5 Å². The number of rotatable bonds is 5. The number of carbonyl (C=O) groups excluding carboxylic acids is 2. The lowest BCUT2D eigenvalue weighted by molar-refractivity contribution is 0.0952. The van der Waals surface area contributed by atoms with Crippen molar-refractivity contribution in [1.29, 1.82) is 0 Å². The Hall–Kier alpha value is -2.04. The summed E-state index contributed by atoms with van der Waals surface area (Å²) in [5, 5.41) is 5.65. The molecule has 2 rings (SSSR count). The molecule has 0 radical (unpaired) electrons. The summed E-state index contributed by atoms with van der Waals surface area (Å²) in [7, 11) is 0. The Morgan fingerprint density at radius 2 is 2.05 bits per heavy atom. The van der Waals surface area contributed by atoms with Gasteiger partial charge in [-0.2, -0.15) is 0 Å². The zero-order chi connectivity index (χ0) is 14.5. The minimum atomic E-state index is -0.0841. The van der Waals surface area contributed by atoms with Crippen LogP contribution in [0.25, 0.3) is 0 Å². The summed E-state index contributed by atoms with van der Waals surface area (Å²) in [6.45, 7) is 6.27. The molecule has 108 valence electrons. The summed E-state index contributed by atoms with van der Waals surface area (Å²) >= 11 is 0. The molecule has 0 aliphatic carbocycles. The van der Waals surface area contributed by atoms with E-state index >= 15 is 0 Å². The van der Waals surface area contributed by atoms with Crippen molar-refractivity contribution in [3.8, 4) is 0 Å². The number of urea groups is 1. The van der Waals surface area contributed by atoms with Crippen LogP contribution in [0.2, 0.25) is 0 Å². The van der Waals surface area contributed by atoms with E-state index in [1.54, 1.807) is 17.0 Å². The first kappa shape index (κ1) is 14.4. The van der Waals surface area contributed by atoms with Gasteiger partial charge in [0.1, 0.15) is 0 Å². The second-order valence-corrected chi connectivity index (χ2v) is 5.37. The summed E-state index contributed by atoms with van der Waals surface area (Å²) in [6, 6.07) is 7.04. The molecule has 0 bridgehead atoms. The molecule has 5 heteroatoms. The van der Waals surface area contributed by atoms with Gasteiger partial charge in [-0.3, -0.25) is 9.69 Å². The highest BCUT2D eigenvalue weighted by atomic mass is 16.2. The summed E-state index contributed by atoms with van der Waals surface area (Å²) in [5.74, 6) is 0.509. The van der Waals surface area contributed by atoms with Gasteiger partial charge in [0.15, 0.2) is 0 Å². The van der Waals surface area contributed by atoms with Crippen LogP contribution in [-0.4, -0.2) is 31.6 Å². The lowest BCUT2D eigenvalue weighted by atomic mass is 10.1. The average molecular weight is 275 g/mol. The van der Waals surface area contributed by atoms with E-state index in [1.165, 1.54) is 0 Å². The van der Waals surface area contributed by atoms with Crippen molar-refractivity contribution in [3.05, 3.63) is 29.8 Å². The Kier molecular flexibility index (Phi) is 4.61. The van der Waals surface area contributed by atoms with Crippen LogP contribution in [0, 0.1) is 5.92 Å². The van der Waals surface area contributed by atoms with Crippen molar-refractivity contribution in [1.82, 2.24) is 10.6 Å². The fraction of sp³-hybridized carbons (Fsp3) is 0.467. The predicted octanol–water partition coefficient (Wildman–Crippen LogP) is 1.99. The number of carbonyl (C=O) groups is 2. The van der Waals surface area contributed by atoms with Crippen LogP contribution in [0.5, 0.6) is 0 Å². The Labute approximate surface area is 119 Å². The molecule has 1 aromatic rings. The first-order valence-corrected chi connectivity index (χ1v) is 7.01. The van der Waals surface area contributed by atoms with Crippen molar-refractivity contribution < 1.29 is 9.59 Å². The fourth-order valence-corrected chi connectivity index (χ4v) is 2.09. The quantitative estimate of drug-likeness (QED) is 0.863. The highest BCUT2D eigenvalue weighted by molar-refractivity contribution is 5.96. The van der Waals surface area contributed by atoms with Crippen LogP contribution in [0.1, 0.15) is 30.6 Å². The van der Waals surface area contributed by atoms with Gasteiger partial charge >= 0.3 is 6.03 Å². The third kappa shape index (κ3) is 3.50. The van der Waals surface area contributed by atoms with Crippen molar-refractivity contribution in [2.75, 3.05) is 24.5 Å². The van der Waals surface area contributed by atoms with Crippen LogP contribution in [0.15, 0.2) is 24.3 Å². The molecule has 1 saturated heterocycles. The van der Waals surface area contributed by atoms with Crippen LogP contribution >= 0.6 is 0 Å². The molecule has 0 aromatic heterocycles. The standard InChI is InChI=1S/C15H21N3O2/c1-11(2)7-8-16-14(19)12-3-5-13(6-4-12)18-10-9-17-15(18)20/h3-6,11H,7-10H2,1-2H3,(H,16,19)(H,17,20). The molecule has 0 spiro atoms. The number of nitrogens with one attached hydrogen (secondary N) is 2. The zero-order valence-electron chi connectivity index (χ0n) is 12.0. The second kappa shape index (κ2) is 6.41. The topological polar surface area (TPSA) is 61.4 Å². The lowest BCUT2D eigenvalue weighted by Crippen LogP contribution is -2.28. The third-order valence-corrected chi connectivity index (χ3v) is 3.31. The van der Waals surface area contributed by atoms with Crippen molar-refractivity contribution in [2.45, 2.75) is 20.3 Å². The second-order valence-electron chi connectivity index (χ2n) is 5.37. The maximum absolute atomic E-state index is 11.9. The van der Waals surface area contributed by atoms with E-state index in [0.717, 1.165) is 12.1 Å². The van der Waals surface area contributed by atoms with Gasteiger partial charge in [0, 0.05) is 30.9 Å². The molecule has 3 amide bonds. The molecular weight excluding hydrogens is 254 g/mol. The van der Waals surface area contributed by atoms with E-state index in [2.05, 4.69) is 24.5 Å². The van der Waals surface area contributed by atoms with E-state index in [9.17, 15) is 9.59 Å². The normalized spacial score (nSPS) is 14.6. The highest BCUT2D eigenvalue weighted by Gasteiger charge is 2.21. The largest absolute Gasteiger partial charge is 0.352 e. The number of benzene rings is 1.